The van der Waals surface area contributed by atoms with Gasteiger partial charge in [-0.25, -0.2) is 4.79 Å². The Kier molecular flexibility index (Phi) is 5.80. The van der Waals surface area contributed by atoms with E-state index in [2.05, 4.69) is 37.2 Å². The van der Waals surface area contributed by atoms with Crippen LogP contribution >= 0.6 is 31.9 Å². The van der Waals surface area contributed by atoms with Crippen LogP contribution in [0.2, 0.25) is 0 Å². The van der Waals surface area contributed by atoms with Gasteiger partial charge in [-0.15, -0.1) is 0 Å². The lowest BCUT2D eigenvalue weighted by molar-refractivity contribution is -0.384. The van der Waals surface area contributed by atoms with Gasteiger partial charge in [-0.1, -0.05) is 12.1 Å². The van der Waals surface area contributed by atoms with Crippen LogP contribution in [-0.4, -0.2) is 28.8 Å². The van der Waals surface area contributed by atoms with Crippen LogP contribution in [0.25, 0.3) is 6.08 Å². The van der Waals surface area contributed by atoms with Crippen molar-refractivity contribution in [2.75, 3.05) is 7.05 Å². The Morgan fingerprint density at radius 2 is 1.89 bits per heavy atom. The van der Waals surface area contributed by atoms with Crippen molar-refractivity contribution in [1.29, 1.82) is 0 Å². The number of rotatable bonds is 5. The lowest BCUT2D eigenvalue weighted by Crippen LogP contribution is -2.25. The minimum absolute atomic E-state index is 0.00514. The number of hydrogen-bond acceptors (Lipinski definition) is 5. The summed E-state index contributed by atoms with van der Waals surface area (Å²) in [5, 5.41) is 13.4. The predicted octanol–water partition coefficient (Wildman–Crippen LogP) is 4.22. The molecule has 1 aliphatic heterocycles. The van der Waals surface area contributed by atoms with E-state index in [0.29, 0.717) is 25.8 Å². The van der Waals surface area contributed by atoms with Crippen molar-refractivity contribution in [3.05, 3.63) is 72.3 Å². The second kappa shape index (κ2) is 8.11. The number of imide groups is 1. The molecule has 0 saturated carbocycles. The first-order valence-corrected chi connectivity index (χ1v) is 9.51. The van der Waals surface area contributed by atoms with Crippen LogP contribution in [0.15, 0.2) is 51.0 Å². The Hall–Kier alpha value is -2.72. The van der Waals surface area contributed by atoms with Crippen LogP contribution in [0.1, 0.15) is 11.1 Å². The van der Waals surface area contributed by atoms with Gasteiger partial charge in [-0.2, -0.15) is 0 Å². The van der Waals surface area contributed by atoms with E-state index in [-0.39, 0.29) is 18.0 Å². The third-order valence-electron chi connectivity index (χ3n) is 3.92. The highest BCUT2D eigenvalue weighted by molar-refractivity contribution is 9.11. The van der Waals surface area contributed by atoms with Crippen LogP contribution in [0.4, 0.5) is 10.5 Å². The average Bonchev–Trinajstić information content (AvgIpc) is 2.88. The van der Waals surface area contributed by atoms with Gasteiger partial charge in [0, 0.05) is 19.2 Å². The van der Waals surface area contributed by atoms with Crippen molar-refractivity contribution < 1.29 is 19.2 Å². The molecule has 1 aliphatic rings. The van der Waals surface area contributed by atoms with E-state index in [1.807, 2.05) is 0 Å². The predicted molar refractivity (Wildman–Crippen MR) is 109 cm³/mol. The first-order valence-electron chi connectivity index (χ1n) is 7.92. The maximum atomic E-state index is 12.0. The smallest absolute Gasteiger partial charge is 0.328 e. The van der Waals surface area contributed by atoms with Gasteiger partial charge in [0.2, 0.25) is 0 Å². The van der Waals surface area contributed by atoms with Crippen molar-refractivity contribution in [3.63, 3.8) is 0 Å². The molecule has 1 heterocycles. The summed E-state index contributed by atoms with van der Waals surface area (Å²) in [6.45, 7) is 0.138. The van der Waals surface area contributed by atoms with Gasteiger partial charge in [0.1, 0.15) is 18.1 Å². The molecular weight excluding hydrogens is 498 g/mol. The highest BCUT2D eigenvalue weighted by Gasteiger charge is 2.30. The summed E-state index contributed by atoms with van der Waals surface area (Å²) in [4.78, 5) is 34.9. The van der Waals surface area contributed by atoms with Crippen LogP contribution in [0, 0.1) is 10.1 Å². The molecule has 0 unspecified atom stereocenters. The molecule has 0 aromatic heterocycles. The van der Waals surface area contributed by atoms with E-state index in [9.17, 15) is 19.7 Å². The molecule has 3 rings (SSSR count). The third-order valence-corrected chi connectivity index (χ3v) is 5.10. The van der Waals surface area contributed by atoms with Crippen LogP contribution in [-0.2, 0) is 11.4 Å². The molecular formula is C18H13Br2N3O5. The largest absolute Gasteiger partial charge is 0.487 e. The van der Waals surface area contributed by atoms with Crippen molar-refractivity contribution in [2.45, 2.75) is 6.61 Å². The van der Waals surface area contributed by atoms with E-state index in [4.69, 9.17) is 4.74 Å². The fourth-order valence-electron chi connectivity index (χ4n) is 2.51. The summed E-state index contributed by atoms with van der Waals surface area (Å²) >= 11 is 6.84. The molecule has 144 valence electrons. The number of nitrogens with zero attached hydrogens (tertiary/aromatic N) is 2. The number of hydrogen-bond donors (Lipinski definition) is 1. The molecule has 0 aliphatic carbocycles. The number of urea groups is 1. The number of nitro benzene ring substituents is 1. The van der Waals surface area contributed by atoms with Gasteiger partial charge in [0.25, 0.3) is 11.6 Å². The van der Waals surface area contributed by atoms with Gasteiger partial charge in [-0.05, 0) is 61.2 Å². The lowest BCUT2D eigenvalue weighted by Gasteiger charge is -2.11. The van der Waals surface area contributed by atoms with E-state index in [1.165, 1.54) is 19.2 Å². The molecule has 2 aromatic carbocycles. The number of ether oxygens (including phenoxy) is 1. The number of likely N-dealkylation sites (N-methyl/N-ethyl adjacent to an activating group) is 1. The molecule has 3 amide bonds. The zero-order valence-electron chi connectivity index (χ0n) is 14.4. The van der Waals surface area contributed by atoms with E-state index in [0.717, 1.165) is 4.90 Å². The molecule has 0 spiro atoms. The number of non-ortho nitro benzene ring substituents is 1. The van der Waals surface area contributed by atoms with Gasteiger partial charge in [-0.3, -0.25) is 19.8 Å². The summed E-state index contributed by atoms with van der Waals surface area (Å²) in [5.74, 6) is 0.0933. The summed E-state index contributed by atoms with van der Waals surface area (Å²) in [7, 11) is 1.40. The molecule has 0 atom stereocenters. The van der Waals surface area contributed by atoms with Crippen LogP contribution in [0.3, 0.4) is 0 Å². The molecule has 8 nitrogen and oxygen atoms in total. The summed E-state index contributed by atoms with van der Waals surface area (Å²) < 4.78 is 7.02. The van der Waals surface area contributed by atoms with Crippen molar-refractivity contribution in [2.24, 2.45) is 0 Å². The first kappa shape index (κ1) is 20.0. The summed E-state index contributed by atoms with van der Waals surface area (Å²) in [5.41, 5.74) is 1.49. The topological polar surface area (TPSA) is 102 Å². The summed E-state index contributed by atoms with van der Waals surface area (Å²) in [6, 6.07) is 9.19. The van der Waals surface area contributed by atoms with Gasteiger partial charge < -0.3 is 10.1 Å². The number of carbonyl (C=O) groups is 2. The van der Waals surface area contributed by atoms with E-state index < -0.39 is 16.9 Å². The molecule has 0 radical (unpaired) electrons. The van der Waals surface area contributed by atoms with E-state index >= 15 is 0 Å². The molecule has 1 saturated heterocycles. The molecule has 0 bridgehead atoms. The third kappa shape index (κ3) is 4.23. The Balaban J connectivity index is 1.79. The van der Waals surface area contributed by atoms with Crippen LogP contribution < -0.4 is 10.1 Å². The Bertz CT molecular complexity index is 999. The van der Waals surface area contributed by atoms with E-state index in [1.54, 1.807) is 30.3 Å². The normalized spacial score (nSPS) is 15.1. The van der Waals surface area contributed by atoms with Gasteiger partial charge in [0.15, 0.2) is 0 Å². The van der Waals surface area contributed by atoms with Crippen molar-refractivity contribution >= 4 is 55.6 Å². The lowest BCUT2D eigenvalue weighted by atomic mass is 10.2. The fraction of sp³-hybridized carbons (Fsp3) is 0.111. The van der Waals surface area contributed by atoms with Gasteiger partial charge in [0.05, 0.1) is 13.9 Å². The molecule has 28 heavy (non-hydrogen) atoms. The number of halogens is 2. The average molecular weight is 511 g/mol. The summed E-state index contributed by atoms with van der Waals surface area (Å²) in [6.07, 6.45) is 1.56. The molecule has 10 heteroatoms. The molecule has 1 N–H and O–H groups in total. The maximum absolute atomic E-state index is 12.0. The second-order valence-electron chi connectivity index (χ2n) is 5.88. The second-order valence-corrected chi connectivity index (χ2v) is 7.59. The number of benzene rings is 2. The molecule has 1 fully saturated rings. The Labute approximate surface area is 176 Å². The maximum Gasteiger partial charge on any atom is 0.328 e. The molecule has 2 aromatic rings. The first-order chi connectivity index (χ1) is 13.3. The number of amides is 3. The monoisotopic (exact) mass is 509 g/mol. The highest BCUT2D eigenvalue weighted by atomic mass is 79.9. The Morgan fingerprint density at radius 3 is 2.46 bits per heavy atom. The zero-order valence-corrected chi connectivity index (χ0v) is 17.6. The fourth-order valence-corrected chi connectivity index (χ4v) is 3.96. The van der Waals surface area contributed by atoms with Crippen molar-refractivity contribution in [3.8, 4) is 5.75 Å². The van der Waals surface area contributed by atoms with Gasteiger partial charge >= 0.3 is 6.03 Å². The minimum Gasteiger partial charge on any atom is -0.487 e. The highest BCUT2D eigenvalue weighted by Crippen LogP contribution is 2.36. The number of nitrogens with one attached hydrogen (secondary N) is 1. The standard InChI is InChI=1S/C18H13Br2N3O5/c1-22-17(24)15(21-18(22)25)8-11-6-13(19)16(14(20)7-11)28-9-10-3-2-4-12(5-10)23(26)27/h2-8H,9H2,1H3,(H,21,25)/b15-8+. The quantitative estimate of drug-likeness (QED) is 0.281. The SMILES string of the molecule is CN1C(=O)N/C(=C/c2cc(Br)c(OCc3cccc([N+](=O)[O-])c3)c(Br)c2)C1=O. The van der Waals surface area contributed by atoms with Crippen LogP contribution in [0.5, 0.6) is 5.75 Å². The zero-order chi connectivity index (χ0) is 20.4. The number of carbonyl (C=O) groups excluding carboxylic acids is 2. The number of nitro groups is 1. The van der Waals surface area contributed by atoms with Crippen molar-refractivity contribution in [1.82, 2.24) is 10.2 Å². The Morgan fingerprint density at radius 1 is 1.21 bits per heavy atom. The minimum atomic E-state index is -0.480.